The van der Waals surface area contributed by atoms with Gasteiger partial charge in [-0.05, 0) is 55.5 Å². The third-order valence-electron chi connectivity index (χ3n) is 5.18. The van der Waals surface area contributed by atoms with Gasteiger partial charge in [0.25, 0.3) is 0 Å². The minimum absolute atomic E-state index is 0.0932. The highest BCUT2D eigenvalue weighted by Crippen LogP contribution is 2.31. The van der Waals surface area contributed by atoms with Crippen LogP contribution in [0.1, 0.15) is 31.4 Å². The Labute approximate surface area is 157 Å². The molecule has 5 heteroatoms. The predicted octanol–water partition coefficient (Wildman–Crippen LogP) is 5.17. The number of fused-ring (bicyclic) bond motifs is 1. The molecule has 2 aromatic carbocycles. The van der Waals surface area contributed by atoms with Gasteiger partial charge in [0.05, 0.1) is 23.7 Å². The minimum atomic E-state index is 0.0932. The van der Waals surface area contributed by atoms with E-state index in [9.17, 15) is 0 Å². The predicted molar refractivity (Wildman–Crippen MR) is 104 cm³/mol. The molecule has 1 fully saturated rings. The van der Waals surface area contributed by atoms with E-state index in [0.717, 1.165) is 40.5 Å². The number of aromatic nitrogens is 3. The summed E-state index contributed by atoms with van der Waals surface area (Å²) in [5.41, 5.74) is 6.10. The summed E-state index contributed by atoms with van der Waals surface area (Å²) in [6, 6.07) is 16.5. The van der Waals surface area contributed by atoms with Crippen molar-refractivity contribution < 1.29 is 9.26 Å². The molecule has 0 amide bonds. The Morgan fingerprint density at radius 2 is 2.11 bits per heavy atom. The van der Waals surface area contributed by atoms with E-state index in [-0.39, 0.29) is 6.10 Å². The highest BCUT2D eigenvalue weighted by Gasteiger charge is 2.22. The first kappa shape index (κ1) is 16.3. The Morgan fingerprint density at radius 3 is 2.93 bits per heavy atom. The van der Waals surface area contributed by atoms with Crippen molar-refractivity contribution in [1.82, 2.24) is 14.7 Å². The number of ether oxygens (including phenoxy) is 1. The van der Waals surface area contributed by atoms with E-state index in [1.165, 1.54) is 18.4 Å². The maximum Gasteiger partial charge on any atom is 0.124 e. The van der Waals surface area contributed by atoms with Gasteiger partial charge in [-0.1, -0.05) is 23.4 Å². The van der Waals surface area contributed by atoms with Crippen molar-refractivity contribution in [2.75, 3.05) is 6.61 Å². The second-order valence-corrected chi connectivity index (χ2v) is 7.22. The number of benzene rings is 2. The van der Waals surface area contributed by atoms with Crippen LogP contribution >= 0.6 is 0 Å². The fourth-order valence-corrected chi connectivity index (χ4v) is 3.33. The van der Waals surface area contributed by atoms with Crippen LogP contribution in [0.2, 0.25) is 0 Å². The lowest BCUT2D eigenvalue weighted by Crippen LogP contribution is -2.03. The van der Waals surface area contributed by atoms with Gasteiger partial charge in [0.2, 0.25) is 0 Å². The maximum atomic E-state index is 6.00. The molecule has 1 aliphatic carbocycles. The van der Waals surface area contributed by atoms with Gasteiger partial charge in [-0.2, -0.15) is 0 Å². The van der Waals surface area contributed by atoms with E-state index < -0.39 is 0 Å². The molecule has 0 radical (unpaired) electrons. The minimum Gasteiger partial charge on any atom is -0.374 e. The summed E-state index contributed by atoms with van der Waals surface area (Å²) in [4.78, 5) is 4.61. The van der Waals surface area contributed by atoms with Crippen molar-refractivity contribution in [3.8, 4) is 16.9 Å². The summed E-state index contributed by atoms with van der Waals surface area (Å²) in [7, 11) is 0. The van der Waals surface area contributed by atoms with Crippen LogP contribution in [0.5, 0.6) is 0 Å². The molecule has 4 aromatic rings. The molecule has 1 aliphatic rings. The van der Waals surface area contributed by atoms with E-state index in [1.54, 1.807) is 6.26 Å². The van der Waals surface area contributed by atoms with Gasteiger partial charge in [-0.3, -0.25) is 4.57 Å². The molecule has 2 aromatic heterocycles. The number of hydrogen-bond donors (Lipinski definition) is 0. The summed E-state index contributed by atoms with van der Waals surface area (Å²) in [5, 5.41) is 4.02. The zero-order chi connectivity index (χ0) is 18.2. The zero-order valence-corrected chi connectivity index (χ0v) is 15.2. The summed E-state index contributed by atoms with van der Waals surface area (Å²) in [5.74, 6) is 0.771. The molecule has 2 heterocycles. The number of nitrogens with zero attached hydrogens (tertiary/aromatic N) is 3. The highest BCUT2D eigenvalue weighted by molar-refractivity contribution is 5.78. The van der Waals surface area contributed by atoms with Crippen LogP contribution < -0.4 is 0 Å². The number of hydrogen-bond acceptors (Lipinski definition) is 4. The summed E-state index contributed by atoms with van der Waals surface area (Å²) >= 11 is 0. The fraction of sp³-hybridized carbons (Fsp3) is 0.273. The van der Waals surface area contributed by atoms with E-state index >= 15 is 0 Å². The Hall–Kier alpha value is -2.92. The SMILES string of the molecule is CC(OCC1CC1)c1ccc2c(c1)ncn2-c1cccc(-c2ccon2)c1. The lowest BCUT2D eigenvalue weighted by Gasteiger charge is -2.13. The van der Waals surface area contributed by atoms with Crippen LogP contribution in [0.3, 0.4) is 0 Å². The first-order valence-electron chi connectivity index (χ1n) is 9.38. The van der Waals surface area contributed by atoms with Crippen molar-refractivity contribution in [1.29, 1.82) is 0 Å². The van der Waals surface area contributed by atoms with Crippen molar-refractivity contribution in [3.63, 3.8) is 0 Å². The standard InChI is InChI=1S/C22H21N3O2/c1-15(26-13-16-5-6-16)17-7-8-22-21(12-17)23-14-25(22)19-4-2-3-18(11-19)20-9-10-27-24-20/h2-4,7-12,14-16H,5-6,13H2,1H3. The molecule has 0 spiro atoms. The van der Waals surface area contributed by atoms with Gasteiger partial charge in [-0.25, -0.2) is 4.98 Å². The Bertz CT molecular complexity index is 1060. The summed E-state index contributed by atoms with van der Waals surface area (Å²) < 4.78 is 13.1. The van der Waals surface area contributed by atoms with Gasteiger partial charge >= 0.3 is 0 Å². The number of imidazole rings is 1. The maximum absolute atomic E-state index is 6.00. The molecular weight excluding hydrogens is 338 g/mol. The molecule has 0 bridgehead atoms. The molecule has 5 nitrogen and oxygen atoms in total. The van der Waals surface area contributed by atoms with Gasteiger partial charge in [0, 0.05) is 17.3 Å². The van der Waals surface area contributed by atoms with E-state index in [1.807, 2.05) is 24.5 Å². The topological polar surface area (TPSA) is 53.1 Å². The molecule has 0 N–H and O–H groups in total. The monoisotopic (exact) mass is 359 g/mol. The Balaban J connectivity index is 1.45. The smallest absolute Gasteiger partial charge is 0.124 e. The normalized spacial score (nSPS) is 15.3. The van der Waals surface area contributed by atoms with Gasteiger partial charge < -0.3 is 9.26 Å². The van der Waals surface area contributed by atoms with Gasteiger partial charge in [0.1, 0.15) is 18.3 Å². The Kier molecular flexibility index (Phi) is 4.02. The van der Waals surface area contributed by atoms with Crippen molar-refractivity contribution in [2.24, 2.45) is 5.92 Å². The second kappa shape index (κ2) is 6.67. The highest BCUT2D eigenvalue weighted by atomic mass is 16.5. The van der Waals surface area contributed by atoms with E-state index in [2.05, 4.69) is 52.0 Å². The zero-order valence-electron chi connectivity index (χ0n) is 15.2. The molecule has 1 saturated carbocycles. The van der Waals surface area contributed by atoms with Gasteiger partial charge in [-0.15, -0.1) is 0 Å². The quantitative estimate of drug-likeness (QED) is 0.477. The van der Waals surface area contributed by atoms with Crippen LogP contribution in [0.4, 0.5) is 0 Å². The molecule has 1 unspecified atom stereocenters. The van der Waals surface area contributed by atoms with Crippen molar-refractivity contribution in [3.05, 3.63) is 66.7 Å². The molecule has 5 rings (SSSR count). The van der Waals surface area contributed by atoms with Crippen LogP contribution in [0, 0.1) is 5.92 Å². The van der Waals surface area contributed by atoms with Crippen molar-refractivity contribution in [2.45, 2.75) is 25.9 Å². The first-order chi connectivity index (χ1) is 13.3. The molecule has 0 aliphatic heterocycles. The molecular formula is C22H21N3O2. The van der Waals surface area contributed by atoms with Crippen LogP contribution in [0.25, 0.3) is 28.0 Å². The van der Waals surface area contributed by atoms with Crippen LogP contribution in [-0.2, 0) is 4.74 Å². The fourth-order valence-electron chi connectivity index (χ4n) is 3.33. The van der Waals surface area contributed by atoms with Crippen LogP contribution in [0.15, 0.2) is 65.6 Å². The summed E-state index contributed by atoms with van der Waals surface area (Å²) in [6.07, 6.45) is 6.16. The third kappa shape index (κ3) is 3.26. The second-order valence-electron chi connectivity index (χ2n) is 7.22. The third-order valence-corrected chi connectivity index (χ3v) is 5.18. The van der Waals surface area contributed by atoms with Crippen molar-refractivity contribution >= 4 is 11.0 Å². The lowest BCUT2D eigenvalue weighted by molar-refractivity contribution is 0.0580. The first-order valence-corrected chi connectivity index (χ1v) is 9.38. The van der Waals surface area contributed by atoms with Gasteiger partial charge in [0.15, 0.2) is 0 Å². The largest absolute Gasteiger partial charge is 0.374 e. The molecule has 27 heavy (non-hydrogen) atoms. The Morgan fingerprint density at radius 1 is 1.19 bits per heavy atom. The van der Waals surface area contributed by atoms with Crippen LogP contribution in [-0.4, -0.2) is 21.3 Å². The summed E-state index contributed by atoms with van der Waals surface area (Å²) in [6.45, 7) is 2.98. The lowest BCUT2D eigenvalue weighted by atomic mass is 10.1. The number of rotatable bonds is 6. The van der Waals surface area contributed by atoms with E-state index in [4.69, 9.17) is 9.26 Å². The molecule has 0 saturated heterocycles. The molecule has 136 valence electrons. The average Bonchev–Trinajstić information content (AvgIpc) is 3.19. The average molecular weight is 359 g/mol. The van der Waals surface area contributed by atoms with E-state index in [0.29, 0.717) is 0 Å². The molecule has 1 atom stereocenters.